The minimum absolute atomic E-state index is 0.644. The van der Waals surface area contributed by atoms with Crippen LogP contribution in [0.3, 0.4) is 0 Å². The van der Waals surface area contributed by atoms with E-state index in [1.165, 1.54) is 0 Å². The Morgan fingerprint density at radius 3 is 3.13 bits per heavy atom. The summed E-state index contributed by atoms with van der Waals surface area (Å²) in [4.78, 5) is 4.43. The van der Waals surface area contributed by atoms with Crippen LogP contribution in [0, 0.1) is 0 Å². The number of rotatable bonds is 1. The maximum Gasteiger partial charge on any atom is 0.153 e. The molecule has 0 fully saturated rings. The topological polar surface area (TPSA) is 69.3 Å². The Labute approximate surface area is 86.2 Å². The predicted octanol–water partition coefficient (Wildman–Crippen LogP) is 1.21. The molecule has 3 rings (SSSR count). The van der Waals surface area contributed by atoms with Crippen LogP contribution >= 0.6 is 0 Å². The predicted molar refractivity (Wildman–Crippen MR) is 55.3 cm³/mol. The van der Waals surface area contributed by atoms with Crippen LogP contribution in [0.5, 0.6) is 0 Å². The number of aryl methyl sites for hydroxylation is 1. The van der Waals surface area contributed by atoms with Crippen LogP contribution in [-0.2, 0) is 6.42 Å². The summed E-state index contributed by atoms with van der Waals surface area (Å²) in [6.45, 7) is 0. The van der Waals surface area contributed by atoms with E-state index in [1.807, 2.05) is 18.3 Å². The first kappa shape index (κ1) is 8.28. The summed E-state index contributed by atoms with van der Waals surface area (Å²) in [5.41, 5.74) is 6.45. The lowest BCUT2D eigenvalue weighted by atomic mass is 10.2. The van der Waals surface area contributed by atoms with Gasteiger partial charge in [0.05, 0.1) is 12.5 Å². The van der Waals surface area contributed by atoms with Crippen LogP contribution in [0.1, 0.15) is 12.2 Å². The molecule has 0 bridgehead atoms. The summed E-state index contributed by atoms with van der Waals surface area (Å²) in [6, 6.07) is 3.71. The van der Waals surface area contributed by atoms with Gasteiger partial charge in [0.2, 0.25) is 0 Å². The van der Waals surface area contributed by atoms with E-state index in [9.17, 15) is 0 Å². The monoisotopic (exact) mass is 202 g/mol. The molecule has 2 aromatic heterocycles. The zero-order chi connectivity index (χ0) is 10.3. The van der Waals surface area contributed by atoms with Gasteiger partial charge in [0.25, 0.3) is 0 Å². The SMILES string of the molecule is NC1=Nn2cc(-c3ccco3)nc2CC1. The summed E-state index contributed by atoms with van der Waals surface area (Å²) >= 11 is 0. The third kappa shape index (κ3) is 1.32. The highest BCUT2D eigenvalue weighted by Crippen LogP contribution is 2.21. The van der Waals surface area contributed by atoms with E-state index in [4.69, 9.17) is 10.2 Å². The van der Waals surface area contributed by atoms with E-state index in [1.54, 1.807) is 10.9 Å². The number of hydrogen-bond acceptors (Lipinski definition) is 4. The average Bonchev–Trinajstić information content (AvgIpc) is 2.84. The van der Waals surface area contributed by atoms with Crippen LogP contribution in [0.4, 0.5) is 0 Å². The first-order chi connectivity index (χ1) is 7.33. The molecule has 0 aliphatic carbocycles. The number of fused-ring (bicyclic) bond motifs is 1. The van der Waals surface area contributed by atoms with Crippen molar-refractivity contribution in [3.63, 3.8) is 0 Å². The zero-order valence-electron chi connectivity index (χ0n) is 8.05. The molecule has 0 spiro atoms. The molecule has 3 heterocycles. The molecule has 0 unspecified atom stereocenters. The van der Waals surface area contributed by atoms with Gasteiger partial charge < -0.3 is 10.2 Å². The summed E-state index contributed by atoms with van der Waals surface area (Å²) in [5.74, 6) is 2.33. The van der Waals surface area contributed by atoms with Gasteiger partial charge in [-0.1, -0.05) is 0 Å². The van der Waals surface area contributed by atoms with Gasteiger partial charge in [0, 0.05) is 12.8 Å². The maximum absolute atomic E-state index is 5.66. The Morgan fingerprint density at radius 1 is 1.40 bits per heavy atom. The number of aromatic nitrogens is 2. The van der Waals surface area contributed by atoms with Crippen LogP contribution in [0.25, 0.3) is 11.5 Å². The van der Waals surface area contributed by atoms with Gasteiger partial charge in [-0.15, -0.1) is 0 Å². The Balaban J connectivity index is 2.08. The number of furan rings is 1. The van der Waals surface area contributed by atoms with E-state index >= 15 is 0 Å². The molecule has 2 N–H and O–H groups in total. The van der Waals surface area contributed by atoms with Crippen molar-refractivity contribution in [2.75, 3.05) is 0 Å². The first-order valence-corrected chi connectivity index (χ1v) is 4.78. The van der Waals surface area contributed by atoms with E-state index in [2.05, 4.69) is 10.1 Å². The lowest BCUT2D eigenvalue weighted by molar-refractivity contribution is 0.580. The van der Waals surface area contributed by atoms with Crippen molar-refractivity contribution in [1.82, 2.24) is 9.66 Å². The normalized spacial score (nSPS) is 14.8. The molecule has 0 atom stereocenters. The van der Waals surface area contributed by atoms with E-state index in [0.29, 0.717) is 5.84 Å². The summed E-state index contributed by atoms with van der Waals surface area (Å²) < 4.78 is 6.99. The van der Waals surface area contributed by atoms with Gasteiger partial charge in [-0.3, -0.25) is 0 Å². The average molecular weight is 202 g/mol. The molecule has 15 heavy (non-hydrogen) atoms. The Morgan fingerprint density at radius 2 is 2.33 bits per heavy atom. The molecule has 5 heteroatoms. The highest BCUT2D eigenvalue weighted by Gasteiger charge is 2.14. The quantitative estimate of drug-likeness (QED) is 0.755. The zero-order valence-corrected chi connectivity index (χ0v) is 8.05. The fraction of sp³-hybridized carbons (Fsp3) is 0.200. The van der Waals surface area contributed by atoms with Crippen LogP contribution < -0.4 is 5.73 Å². The molecule has 0 amide bonds. The number of imidazole rings is 1. The van der Waals surface area contributed by atoms with Crippen molar-refractivity contribution in [3.05, 3.63) is 30.4 Å². The largest absolute Gasteiger partial charge is 0.463 e. The molecule has 1 aliphatic rings. The van der Waals surface area contributed by atoms with Gasteiger partial charge in [-0.2, -0.15) is 5.10 Å². The van der Waals surface area contributed by atoms with Gasteiger partial charge in [-0.05, 0) is 12.1 Å². The van der Waals surface area contributed by atoms with Gasteiger partial charge in [-0.25, -0.2) is 9.66 Å². The fourth-order valence-electron chi connectivity index (χ4n) is 1.64. The van der Waals surface area contributed by atoms with Crippen molar-refractivity contribution >= 4 is 5.84 Å². The van der Waals surface area contributed by atoms with Crippen molar-refractivity contribution in [2.45, 2.75) is 12.8 Å². The van der Waals surface area contributed by atoms with Crippen molar-refractivity contribution in [1.29, 1.82) is 0 Å². The van der Waals surface area contributed by atoms with Gasteiger partial charge >= 0.3 is 0 Å². The molecule has 2 aromatic rings. The molecule has 1 aliphatic heterocycles. The standard InChI is InChI=1S/C10H10N4O/c11-9-3-4-10-12-7(6-14(10)13-9)8-2-1-5-15-8/h1-2,5-6H,3-4H2,(H2,11,13). The van der Waals surface area contributed by atoms with Crippen LogP contribution in [0.2, 0.25) is 0 Å². The second-order valence-electron chi connectivity index (χ2n) is 3.46. The van der Waals surface area contributed by atoms with Crippen molar-refractivity contribution in [2.24, 2.45) is 10.8 Å². The number of hydrogen-bond donors (Lipinski definition) is 1. The fourth-order valence-corrected chi connectivity index (χ4v) is 1.64. The Hall–Kier alpha value is -2.04. The lowest BCUT2D eigenvalue weighted by Gasteiger charge is -2.08. The minimum atomic E-state index is 0.644. The second kappa shape index (κ2) is 2.98. The highest BCUT2D eigenvalue weighted by molar-refractivity contribution is 5.81. The molecule has 5 nitrogen and oxygen atoms in total. The van der Waals surface area contributed by atoms with Gasteiger partial charge in [0.1, 0.15) is 17.4 Å². The second-order valence-corrected chi connectivity index (χ2v) is 3.46. The van der Waals surface area contributed by atoms with Gasteiger partial charge in [0.15, 0.2) is 5.76 Å². The van der Waals surface area contributed by atoms with E-state index in [-0.39, 0.29) is 0 Å². The lowest BCUT2D eigenvalue weighted by Crippen LogP contribution is -2.20. The maximum atomic E-state index is 5.66. The number of amidine groups is 1. The van der Waals surface area contributed by atoms with Crippen LogP contribution in [0.15, 0.2) is 34.1 Å². The molecular formula is C10H10N4O. The van der Waals surface area contributed by atoms with E-state index < -0.39 is 0 Å². The number of nitrogens with zero attached hydrogens (tertiary/aromatic N) is 3. The summed E-state index contributed by atoms with van der Waals surface area (Å²) in [6.07, 6.45) is 5.07. The number of nitrogens with two attached hydrogens (primary N) is 1. The van der Waals surface area contributed by atoms with Crippen LogP contribution in [-0.4, -0.2) is 15.5 Å². The molecule has 0 saturated heterocycles. The summed E-state index contributed by atoms with van der Waals surface area (Å²) in [7, 11) is 0. The molecule has 76 valence electrons. The molecular weight excluding hydrogens is 192 g/mol. The smallest absolute Gasteiger partial charge is 0.153 e. The molecule has 0 aromatic carbocycles. The molecule has 0 saturated carbocycles. The highest BCUT2D eigenvalue weighted by atomic mass is 16.3. The Kier molecular flexibility index (Phi) is 1.65. The van der Waals surface area contributed by atoms with Crippen molar-refractivity contribution < 1.29 is 4.42 Å². The molecule has 0 radical (unpaired) electrons. The van der Waals surface area contributed by atoms with E-state index in [0.717, 1.165) is 30.1 Å². The minimum Gasteiger partial charge on any atom is -0.463 e. The summed E-state index contributed by atoms with van der Waals surface area (Å²) in [5, 5.41) is 4.18. The first-order valence-electron chi connectivity index (χ1n) is 4.78. The van der Waals surface area contributed by atoms with Crippen molar-refractivity contribution in [3.8, 4) is 11.5 Å². The third-order valence-corrected chi connectivity index (χ3v) is 2.37. The Bertz CT molecular complexity index is 510. The third-order valence-electron chi connectivity index (χ3n) is 2.37.